The Bertz CT molecular complexity index is 525. The van der Waals surface area contributed by atoms with Gasteiger partial charge in [0.15, 0.2) is 0 Å². The molecule has 1 amide bonds. The quantitative estimate of drug-likeness (QED) is 0.921. The Morgan fingerprint density at radius 1 is 1.14 bits per heavy atom. The Balaban J connectivity index is 1.35. The van der Waals surface area contributed by atoms with Gasteiger partial charge >= 0.3 is 0 Å². The topological polar surface area (TPSA) is 32.3 Å². The van der Waals surface area contributed by atoms with Crippen LogP contribution in [0.5, 0.6) is 0 Å². The third-order valence-electron chi connectivity index (χ3n) is 5.63. The lowest BCUT2D eigenvalue weighted by molar-refractivity contribution is -0.117. The van der Waals surface area contributed by atoms with Crippen molar-refractivity contribution in [2.24, 2.45) is 11.8 Å². The van der Waals surface area contributed by atoms with E-state index < -0.39 is 0 Å². The number of rotatable bonds is 4. The number of carbonyl (C=O) groups excluding carboxylic acids is 1. The van der Waals surface area contributed by atoms with E-state index >= 15 is 0 Å². The summed E-state index contributed by atoms with van der Waals surface area (Å²) in [5.41, 5.74) is 2.38. The molecule has 1 aromatic carbocycles. The van der Waals surface area contributed by atoms with Gasteiger partial charge < -0.3 is 10.2 Å². The van der Waals surface area contributed by atoms with Crippen molar-refractivity contribution in [3.8, 4) is 0 Å². The van der Waals surface area contributed by atoms with E-state index in [4.69, 9.17) is 0 Å². The fourth-order valence-corrected chi connectivity index (χ4v) is 4.46. The number of amides is 1. The van der Waals surface area contributed by atoms with Crippen LogP contribution in [-0.4, -0.2) is 18.5 Å². The fourth-order valence-electron chi connectivity index (χ4n) is 4.46. The second-order valence-electron chi connectivity index (χ2n) is 6.98. The first kappa shape index (κ1) is 13.3. The Kier molecular flexibility index (Phi) is 3.46. The van der Waals surface area contributed by atoms with Gasteiger partial charge in [-0.3, -0.25) is 4.79 Å². The van der Waals surface area contributed by atoms with Crippen molar-refractivity contribution in [1.82, 2.24) is 5.32 Å². The molecule has 4 rings (SSSR count). The van der Waals surface area contributed by atoms with E-state index in [1.165, 1.54) is 31.2 Å². The molecule has 3 nitrogen and oxygen atoms in total. The van der Waals surface area contributed by atoms with Gasteiger partial charge in [-0.1, -0.05) is 18.6 Å². The summed E-state index contributed by atoms with van der Waals surface area (Å²) in [7, 11) is 0. The zero-order chi connectivity index (χ0) is 14.2. The summed E-state index contributed by atoms with van der Waals surface area (Å²) in [6, 6.07) is 9.27. The minimum absolute atomic E-state index is 0.267. The van der Waals surface area contributed by atoms with Crippen molar-refractivity contribution >= 4 is 11.6 Å². The number of anilines is 1. The van der Waals surface area contributed by atoms with E-state index in [0.29, 0.717) is 6.42 Å². The SMILES string of the molecule is O=C1CCCN1c1ccc(CNC2CC3CCC2C3)cc1. The highest BCUT2D eigenvalue weighted by Gasteiger charge is 2.38. The summed E-state index contributed by atoms with van der Waals surface area (Å²) in [5.74, 6) is 2.19. The van der Waals surface area contributed by atoms with Gasteiger partial charge in [0.25, 0.3) is 0 Å². The Morgan fingerprint density at radius 2 is 2.00 bits per heavy atom. The van der Waals surface area contributed by atoms with Crippen LogP contribution >= 0.6 is 0 Å². The fraction of sp³-hybridized carbons (Fsp3) is 0.611. The molecule has 1 N–H and O–H groups in total. The predicted octanol–water partition coefficient (Wildman–Crippen LogP) is 3.09. The number of hydrogen-bond acceptors (Lipinski definition) is 2. The number of nitrogens with zero attached hydrogens (tertiary/aromatic N) is 1. The second-order valence-corrected chi connectivity index (χ2v) is 6.98. The van der Waals surface area contributed by atoms with Gasteiger partial charge in [0, 0.05) is 31.2 Å². The van der Waals surface area contributed by atoms with E-state index in [1.807, 2.05) is 4.90 Å². The summed E-state index contributed by atoms with van der Waals surface area (Å²) in [4.78, 5) is 13.7. The van der Waals surface area contributed by atoms with E-state index in [9.17, 15) is 4.79 Å². The lowest BCUT2D eigenvalue weighted by atomic mass is 9.95. The molecule has 1 aromatic rings. The predicted molar refractivity (Wildman–Crippen MR) is 84.1 cm³/mol. The second kappa shape index (κ2) is 5.45. The number of nitrogens with one attached hydrogen (secondary N) is 1. The van der Waals surface area contributed by atoms with E-state index in [0.717, 1.165) is 43.1 Å². The average molecular weight is 284 g/mol. The van der Waals surface area contributed by atoms with Crippen molar-refractivity contribution in [2.75, 3.05) is 11.4 Å². The highest BCUT2D eigenvalue weighted by molar-refractivity contribution is 5.95. The van der Waals surface area contributed by atoms with Gasteiger partial charge in [-0.2, -0.15) is 0 Å². The van der Waals surface area contributed by atoms with Crippen LogP contribution in [0.25, 0.3) is 0 Å². The summed E-state index contributed by atoms with van der Waals surface area (Å²) >= 11 is 0. The molecule has 21 heavy (non-hydrogen) atoms. The molecule has 2 bridgehead atoms. The third kappa shape index (κ3) is 2.59. The largest absolute Gasteiger partial charge is 0.312 e. The van der Waals surface area contributed by atoms with Gasteiger partial charge in [0.1, 0.15) is 0 Å². The van der Waals surface area contributed by atoms with Crippen LogP contribution in [0, 0.1) is 11.8 Å². The summed E-state index contributed by atoms with van der Waals surface area (Å²) < 4.78 is 0. The first-order chi connectivity index (χ1) is 10.3. The van der Waals surface area contributed by atoms with E-state index in [2.05, 4.69) is 29.6 Å². The number of carbonyl (C=O) groups is 1. The first-order valence-electron chi connectivity index (χ1n) is 8.42. The van der Waals surface area contributed by atoms with Crippen molar-refractivity contribution in [3.05, 3.63) is 29.8 Å². The van der Waals surface area contributed by atoms with E-state index in [-0.39, 0.29) is 5.91 Å². The van der Waals surface area contributed by atoms with Crippen molar-refractivity contribution in [3.63, 3.8) is 0 Å². The van der Waals surface area contributed by atoms with Crippen molar-refractivity contribution in [2.45, 2.75) is 51.1 Å². The molecule has 0 radical (unpaired) electrons. The molecule has 1 saturated heterocycles. The smallest absolute Gasteiger partial charge is 0.227 e. The summed E-state index contributed by atoms with van der Waals surface area (Å²) in [6.45, 7) is 1.84. The maximum absolute atomic E-state index is 11.7. The Morgan fingerprint density at radius 3 is 2.62 bits per heavy atom. The summed E-state index contributed by atoms with van der Waals surface area (Å²) in [6.07, 6.45) is 7.42. The minimum Gasteiger partial charge on any atom is -0.312 e. The number of benzene rings is 1. The van der Waals surface area contributed by atoms with Gasteiger partial charge in [-0.25, -0.2) is 0 Å². The first-order valence-corrected chi connectivity index (χ1v) is 8.42. The van der Waals surface area contributed by atoms with Gasteiger partial charge in [-0.15, -0.1) is 0 Å². The maximum atomic E-state index is 11.7. The van der Waals surface area contributed by atoms with Crippen LogP contribution in [0.2, 0.25) is 0 Å². The monoisotopic (exact) mass is 284 g/mol. The van der Waals surface area contributed by atoms with Crippen molar-refractivity contribution in [1.29, 1.82) is 0 Å². The lowest BCUT2D eigenvalue weighted by Crippen LogP contribution is -2.33. The molecule has 3 fully saturated rings. The highest BCUT2D eigenvalue weighted by Crippen LogP contribution is 2.44. The van der Waals surface area contributed by atoms with Gasteiger partial charge in [-0.05, 0) is 55.2 Å². The van der Waals surface area contributed by atoms with Crippen LogP contribution in [0.3, 0.4) is 0 Å². The van der Waals surface area contributed by atoms with Crippen molar-refractivity contribution < 1.29 is 4.79 Å². The normalized spacial score (nSPS) is 31.3. The molecule has 0 spiro atoms. The zero-order valence-corrected chi connectivity index (χ0v) is 12.6. The summed E-state index contributed by atoms with van der Waals surface area (Å²) in [5, 5.41) is 3.75. The molecule has 3 unspecified atom stereocenters. The maximum Gasteiger partial charge on any atom is 0.227 e. The molecular weight excluding hydrogens is 260 g/mol. The highest BCUT2D eigenvalue weighted by atomic mass is 16.2. The van der Waals surface area contributed by atoms with E-state index in [1.54, 1.807) is 0 Å². The molecular formula is C18H24N2O. The number of fused-ring (bicyclic) bond motifs is 2. The number of hydrogen-bond donors (Lipinski definition) is 1. The molecule has 2 saturated carbocycles. The minimum atomic E-state index is 0.267. The van der Waals surface area contributed by atoms with Gasteiger partial charge in [0.2, 0.25) is 5.91 Å². The van der Waals surface area contributed by atoms with Crippen LogP contribution in [0.1, 0.15) is 44.1 Å². The Labute approximate surface area is 126 Å². The molecule has 3 atom stereocenters. The molecule has 2 aliphatic carbocycles. The average Bonchev–Trinajstić information content (AvgIpc) is 3.22. The Hall–Kier alpha value is -1.35. The third-order valence-corrected chi connectivity index (χ3v) is 5.63. The molecule has 112 valence electrons. The van der Waals surface area contributed by atoms with Crippen LogP contribution < -0.4 is 10.2 Å². The van der Waals surface area contributed by atoms with Gasteiger partial charge in [0.05, 0.1) is 0 Å². The zero-order valence-electron chi connectivity index (χ0n) is 12.6. The molecule has 1 aliphatic heterocycles. The molecule has 1 heterocycles. The van der Waals surface area contributed by atoms with Crippen LogP contribution in [0.4, 0.5) is 5.69 Å². The standard InChI is InChI=1S/C18H24N2O/c21-18-2-1-9-20(18)16-7-4-13(5-8-16)12-19-17-11-14-3-6-15(17)10-14/h4-5,7-8,14-15,17,19H,1-3,6,9-12H2. The lowest BCUT2D eigenvalue weighted by Gasteiger charge is -2.23. The molecule has 0 aromatic heterocycles. The molecule has 3 aliphatic rings. The molecule has 3 heteroatoms. The van der Waals surface area contributed by atoms with Crippen LogP contribution in [0.15, 0.2) is 24.3 Å². The van der Waals surface area contributed by atoms with Crippen LogP contribution in [-0.2, 0) is 11.3 Å².